The molecule has 2 rings (SSSR count). The lowest BCUT2D eigenvalue weighted by atomic mass is 10.1. The van der Waals surface area contributed by atoms with E-state index in [1.54, 1.807) is 24.0 Å². The van der Waals surface area contributed by atoms with E-state index in [-0.39, 0.29) is 5.91 Å². The summed E-state index contributed by atoms with van der Waals surface area (Å²) < 4.78 is 1.68. The molecule has 0 radical (unpaired) electrons. The SMILES string of the molecule is CNC(=O)c1ccn(-c2ccc(CCN)cc2)n1. The number of nitrogens with two attached hydrogens (primary N) is 1. The second kappa shape index (κ2) is 5.46. The van der Waals surface area contributed by atoms with E-state index in [9.17, 15) is 4.79 Å². The molecule has 5 heteroatoms. The summed E-state index contributed by atoms with van der Waals surface area (Å²) in [6.07, 6.45) is 2.63. The van der Waals surface area contributed by atoms with Gasteiger partial charge in [0.05, 0.1) is 5.69 Å². The maximum Gasteiger partial charge on any atom is 0.271 e. The topological polar surface area (TPSA) is 72.9 Å². The Labute approximate surface area is 106 Å². The normalized spacial score (nSPS) is 10.3. The quantitative estimate of drug-likeness (QED) is 0.833. The van der Waals surface area contributed by atoms with Crippen LogP contribution in [0, 0.1) is 0 Å². The van der Waals surface area contributed by atoms with E-state index in [2.05, 4.69) is 10.4 Å². The van der Waals surface area contributed by atoms with E-state index in [1.807, 2.05) is 24.3 Å². The zero-order valence-corrected chi connectivity index (χ0v) is 10.3. The monoisotopic (exact) mass is 244 g/mol. The number of nitrogens with one attached hydrogen (secondary N) is 1. The van der Waals surface area contributed by atoms with Gasteiger partial charge in [-0.2, -0.15) is 5.10 Å². The Bertz CT molecular complexity index is 530. The maximum atomic E-state index is 11.4. The molecule has 0 unspecified atom stereocenters. The Balaban J connectivity index is 2.20. The van der Waals surface area contributed by atoms with Gasteiger partial charge >= 0.3 is 0 Å². The number of hydrogen-bond acceptors (Lipinski definition) is 3. The Morgan fingerprint density at radius 3 is 2.67 bits per heavy atom. The van der Waals surface area contributed by atoms with Crippen LogP contribution in [-0.4, -0.2) is 29.3 Å². The number of nitrogens with zero attached hydrogens (tertiary/aromatic N) is 2. The molecule has 0 aliphatic carbocycles. The second-order valence-electron chi connectivity index (χ2n) is 3.93. The highest BCUT2D eigenvalue weighted by atomic mass is 16.1. The zero-order valence-electron chi connectivity index (χ0n) is 10.3. The fraction of sp³-hybridized carbons (Fsp3) is 0.231. The Hall–Kier alpha value is -2.14. The number of aromatic nitrogens is 2. The molecule has 0 aliphatic heterocycles. The van der Waals surface area contributed by atoms with Crippen molar-refractivity contribution in [2.24, 2.45) is 5.73 Å². The average molecular weight is 244 g/mol. The third-order valence-corrected chi connectivity index (χ3v) is 2.68. The first kappa shape index (κ1) is 12.3. The van der Waals surface area contributed by atoms with Crippen molar-refractivity contribution in [3.63, 3.8) is 0 Å². The molecule has 0 saturated carbocycles. The van der Waals surface area contributed by atoms with Crippen LogP contribution >= 0.6 is 0 Å². The Morgan fingerprint density at radius 1 is 1.33 bits per heavy atom. The van der Waals surface area contributed by atoms with Crippen molar-refractivity contribution < 1.29 is 4.79 Å². The molecule has 0 saturated heterocycles. The molecule has 1 aromatic carbocycles. The minimum atomic E-state index is -0.187. The summed E-state index contributed by atoms with van der Waals surface area (Å²) in [5.41, 5.74) is 8.02. The fourth-order valence-electron chi connectivity index (χ4n) is 1.70. The maximum absolute atomic E-state index is 11.4. The highest BCUT2D eigenvalue weighted by Gasteiger charge is 2.07. The van der Waals surface area contributed by atoms with Crippen molar-refractivity contribution in [1.82, 2.24) is 15.1 Å². The van der Waals surface area contributed by atoms with Crippen LogP contribution in [0.2, 0.25) is 0 Å². The summed E-state index contributed by atoms with van der Waals surface area (Å²) in [6.45, 7) is 0.641. The van der Waals surface area contributed by atoms with Crippen LogP contribution in [0.5, 0.6) is 0 Å². The Morgan fingerprint density at radius 2 is 2.06 bits per heavy atom. The third-order valence-electron chi connectivity index (χ3n) is 2.68. The summed E-state index contributed by atoms with van der Waals surface area (Å²) >= 11 is 0. The van der Waals surface area contributed by atoms with Gasteiger partial charge in [0.15, 0.2) is 5.69 Å². The van der Waals surface area contributed by atoms with Crippen LogP contribution in [-0.2, 0) is 6.42 Å². The van der Waals surface area contributed by atoms with E-state index < -0.39 is 0 Å². The van der Waals surface area contributed by atoms with E-state index in [0.717, 1.165) is 12.1 Å². The zero-order chi connectivity index (χ0) is 13.0. The molecule has 0 fully saturated rings. The van der Waals surface area contributed by atoms with Gasteiger partial charge in [0.2, 0.25) is 0 Å². The van der Waals surface area contributed by atoms with Gasteiger partial charge in [-0.25, -0.2) is 4.68 Å². The molecule has 94 valence electrons. The lowest BCUT2D eigenvalue weighted by Crippen LogP contribution is -2.18. The van der Waals surface area contributed by atoms with Crippen molar-refractivity contribution in [3.05, 3.63) is 47.8 Å². The first-order valence-corrected chi connectivity index (χ1v) is 5.81. The number of carbonyl (C=O) groups excluding carboxylic acids is 1. The molecule has 3 N–H and O–H groups in total. The lowest BCUT2D eigenvalue weighted by molar-refractivity contribution is 0.0957. The summed E-state index contributed by atoms with van der Waals surface area (Å²) in [7, 11) is 1.59. The fourth-order valence-corrected chi connectivity index (χ4v) is 1.70. The summed E-state index contributed by atoms with van der Waals surface area (Å²) in [6, 6.07) is 9.65. The van der Waals surface area contributed by atoms with Crippen molar-refractivity contribution in [1.29, 1.82) is 0 Å². The third kappa shape index (κ3) is 2.57. The number of amides is 1. The van der Waals surface area contributed by atoms with Gasteiger partial charge in [-0.1, -0.05) is 12.1 Å². The first-order chi connectivity index (χ1) is 8.74. The second-order valence-corrected chi connectivity index (χ2v) is 3.93. The van der Waals surface area contributed by atoms with E-state index in [1.165, 1.54) is 5.56 Å². The summed E-state index contributed by atoms with van der Waals surface area (Å²) in [5, 5.41) is 6.75. The van der Waals surface area contributed by atoms with Crippen molar-refractivity contribution in [2.45, 2.75) is 6.42 Å². The smallest absolute Gasteiger partial charge is 0.271 e. The molecular weight excluding hydrogens is 228 g/mol. The van der Waals surface area contributed by atoms with Gasteiger partial charge in [-0.05, 0) is 36.7 Å². The van der Waals surface area contributed by atoms with E-state index >= 15 is 0 Å². The minimum Gasteiger partial charge on any atom is -0.354 e. The molecule has 0 spiro atoms. The molecule has 5 nitrogen and oxygen atoms in total. The molecule has 0 bridgehead atoms. The van der Waals surface area contributed by atoms with Crippen LogP contribution in [0.1, 0.15) is 16.1 Å². The molecule has 0 atom stereocenters. The number of hydrogen-bond donors (Lipinski definition) is 2. The van der Waals surface area contributed by atoms with Gasteiger partial charge in [0, 0.05) is 13.2 Å². The largest absolute Gasteiger partial charge is 0.354 e. The van der Waals surface area contributed by atoms with Crippen LogP contribution in [0.3, 0.4) is 0 Å². The van der Waals surface area contributed by atoms with Crippen LogP contribution in [0.15, 0.2) is 36.5 Å². The van der Waals surface area contributed by atoms with Gasteiger partial charge < -0.3 is 11.1 Å². The number of rotatable bonds is 4. The molecular formula is C13H16N4O. The molecule has 1 heterocycles. The van der Waals surface area contributed by atoms with Crippen molar-refractivity contribution in [2.75, 3.05) is 13.6 Å². The van der Waals surface area contributed by atoms with Gasteiger partial charge in [-0.3, -0.25) is 4.79 Å². The lowest BCUT2D eigenvalue weighted by Gasteiger charge is -2.03. The van der Waals surface area contributed by atoms with Crippen molar-refractivity contribution >= 4 is 5.91 Å². The van der Waals surface area contributed by atoms with E-state index in [4.69, 9.17) is 5.73 Å². The highest BCUT2D eigenvalue weighted by Crippen LogP contribution is 2.10. The van der Waals surface area contributed by atoms with Gasteiger partial charge in [0.1, 0.15) is 0 Å². The predicted octanol–water partition coefficient (Wildman–Crippen LogP) is 0.733. The summed E-state index contributed by atoms with van der Waals surface area (Å²) in [4.78, 5) is 11.4. The highest BCUT2D eigenvalue weighted by molar-refractivity contribution is 5.91. The number of carbonyl (C=O) groups is 1. The van der Waals surface area contributed by atoms with Crippen LogP contribution in [0.4, 0.5) is 0 Å². The van der Waals surface area contributed by atoms with Crippen molar-refractivity contribution in [3.8, 4) is 5.69 Å². The van der Waals surface area contributed by atoms with Gasteiger partial charge in [0.25, 0.3) is 5.91 Å². The molecule has 2 aromatic rings. The van der Waals surface area contributed by atoms with Crippen LogP contribution < -0.4 is 11.1 Å². The number of benzene rings is 1. The average Bonchev–Trinajstić information content (AvgIpc) is 2.89. The predicted molar refractivity (Wildman–Crippen MR) is 69.7 cm³/mol. The minimum absolute atomic E-state index is 0.187. The molecule has 1 amide bonds. The molecule has 0 aliphatic rings. The van der Waals surface area contributed by atoms with Gasteiger partial charge in [-0.15, -0.1) is 0 Å². The first-order valence-electron chi connectivity index (χ1n) is 5.81. The standard InChI is InChI=1S/C13H16N4O/c1-15-13(18)12-7-9-17(16-12)11-4-2-10(3-5-11)6-8-14/h2-5,7,9H,6,8,14H2,1H3,(H,15,18). The van der Waals surface area contributed by atoms with Crippen LogP contribution in [0.25, 0.3) is 5.69 Å². The Kier molecular flexibility index (Phi) is 3.74. The van der Waals surface area contributed by atoms with E-state index in [0.29, 0.717) is 12.2 Å². The molecule has 1 aromatic heterocycles. The molecule has 18 heavy (non-hydrogen) atoms. The summed E-state index contributed by atoms with van der Waals surface area (Å²) in [5.74, 6) is -0.187.